The minimum absolute atomic E-state index is 0.00128. The summed E-state index contributed by atoms with van der Waals surface area (Å²) in [7, 11) is 0. The van der Waals surface area contributed by atoms with Crippen molar-refractivity contribution in [1.29, 1.82) is 0 Å². The predicted molar refractivity (Wildman–Crippen MR) is 98.2 cm³/mol. The van der Waals surface area contributed by atoms with Gasteiger partial charge in [-0.15, -0.1) is 5.10 Å². The molecule has 2 heterocycles. The molecule has 0 bridgehead atoms. The molecule has 0 aliphatic heterocycles. The van der Waals surface area contributed by atoms with Gasteiger partial charge in [-0.2, -0.15) is 4.98 Å². The Morgan fingerprint density at radius 3 is 2.69 bits per heavy atom. The summed E-state index contributed by atoms with van der Waals surface area (Å²) >= 11 is 0. The van der Waals surface area contributed by atoms with Gasteiger partial charge in [0.2, 0.25) is 11.7 Å². The highest BCUT2D eigenvalue weighted by molar-refractivity contribution is 5.90. The van der Waals surface area contributed by atoms with E-state index < -0.39 is 11.7 Å². The van der Waals surface area contributed by atoms with E-state index in [4.69, 9.17) is 10.3 Å². The van der Waals surface area contributed by atoms with Gasteiger partial charge >= 0.3 is 0 Å². The van der Waals surface area contributed by atoms with Gasteiger partial charge in [0.25, 0.3) is 5.89 Å². The molecule has 0 aliphatic carbocycles. The van der Waals surface area contributed by atoms with Crippen molar-refractivity contribution < 1.29 is 18.1 Å². The van der Waals surface area contributed by atoms with Crippen LogP contribution in [0.2, 0.25) is 0 Å². The molecule has 0 atom stereocenters. The first kappa shape index (κ1) is 18.2. The average Bonchev–Trinajstić information content (AvgIpc) is 3.30. The fourth-order valence-corrected chi connectivity index (χ4v) is 2.53. The summed E-state index contributed by atoms with van der Waals surface area (Å²) in [5.74, 6) is -1.08. The van der Waals surface area contributed by atoms with Crippen molar-refractivity contribution in [2.45, 2.75) is 6.54 Å². The molecule has 0 unspecified atom stereocenters. The molecule has 3 N–H and O–H groups in total. The number of rotatable bonds is 5. The molecule has 9 nitrogen and oxygen atoms in total. The number of halogens is 2. The van der Waals surface area contributed by atoms with E-state index in [1.54, 1.807) is 6.07 Å². The van der Waals surface area contributed by atoms with E-state index in [1.807, 2.05) is 0 Å². The number of aromatic nitrogens is 5. The lowest BCUT2D eigenvalue weighted by atomic mass is 10.2. The van der Waals surface area contributed by atoms with Crippen molar-refractivity contribution in [3.63, 3.8) is 0 Å². The second kappa shape index (κ2) is 7.46. The minimum atomic E-state index is -0.476. The molecule has 0 fully saturated rings. The minimum Gasteiger partial charge on any atom is -0.382 e. The summed E-state index contributed by atoms with van der Waals surface area (Å²) in [6, 6.07) is 11.0. The zero-order chi connectivity index (χ0) is 20.4. The Morgan fingerprint density at radius 2 is 1.93 bits per heavy atom. The number of carbonyl (C=O) groups is 1. The van der Waals surface area contributed by atoms with Gasteiger partial charge in [-0.1, -0.05) is 16.4 Å². The van der Waals surface area contributed by atoms with Crippen LogP contribution in [-0.2, 0) is 11.3 Å². The molecule has 2 aromatic carbocycles. The van der Waals surface area contributed by atoms with Crippen molar-refractivity contribution in [2.24, 2.45) is 0 Å². The second-order valence-corrected chi connectivity index (χ2v) is 5.97. The van der Waals surface area contributed by atoms with E-state index in [0.717, 1.165) is 4.68 Å². The van der Waals surface area contributed by atoms with Gasteiger partial charge in [0.1, 0.15) is 18.2 Å². The molecule has 11 heteroatoms. The third-order valence-corrected chi connectivity index (χ3v) is 3.91. The lowest BCUT2D eigenvalue weighted by molar-refractivity contribution is -0.116. The van der Waals surface area contributed by atoms with Gasteiger partial charge in [-0.25, -0.2) is 13.5 Å². The lowest BCUT2D eigenvalue weighted by Gasteiger charge is -2.06. The van der Waals surface area contributed by atoms with Gasteiger partial charge in [-0.3, -0.25) is 4.79 Å². The molecule has 4 rings (SSSR count). The van der Waals surface area contributed by atoms with Crippen molar-refractivity contribution in [1.82, 2.24) is 25.1 Å². The summed E-state index contributed by atoms with van der Waals surface area (Å²) in [5, 5.41) is 14.0. The molecule has 4 aromatic rings. The monoisotopic (exact) mass is 397 g/mol. The quantitative estimate of drug-likeness (QED) is 0.530. The first-order valence-corrected chi connectivity index (χ1v) is 8.34. The Bertz CT molecular complexity index is 1170. The number of benzene rings is 2. The Hall–Kier alpha value is -4.15. The Labute approximate surface area is 162 Å². The van der Waals surface area contributed by atoms with Crippen molar-refractivity contribution in [3.05, 3.63) is 60.2 Å². The SMILES string of the molecule is Nc1c(-c2nc(-c3ccc(F)cc3)no2)nnn1CC(=O)Nc1cccc(F)c1. The number of nitrogens with one attached hydrogen (secondary N) is 1. The Balaban J connectivity index is 1.50. The third-order valence-electron chi connectivity index (χ3n) is 3.91. The van der Waals surface area contributed by atoms with E-state index in [2.05, 4.69) is 25.8 Å². The topological polar surface area (TPSA) is 125 Å². The number of nitrogens with zero attached hydrogens (tertiary/aromatic N) is 5. The maximum absolute atomic E-state index is 13.2. The Kier molecular flexibility index (Phi) is 4.69. The fourth-order valence-electron chi connectivity index (χ4n) is 2.53. The number of amides is 1. The van der Waals surface area contributed by atoms with E-state index in [0.29, 0.717) is 11.3 Å². The van der Waals surface area contributed by atoms with Gasteiger partial charge < -0.3 is 15.6 Å². The largest absolute Gasteiger partial charge is 0.382 e. The van der Waals surface area contributed by atoms with Crippen LogP contribution >= 0.6 is 0 Å². The molecule has 0 aliphatic rings. The third kappa shape index (κ3) is 3.93. The standard InChI is InChI=1S/C18H13F2N7O2/c19-11-6-4-10(5-7-11)17-23-18(29-25-17)15-16(21)27(26-24-15)9-14(28)22-13-3-1-2-12(20)8-13/h1-8H,9,21H2,(H,22,28). The smallest absolute Gasteiger partial charge is 0.282 e. The van der Waals surface area contributed by atoms with E-state index in [-0.39, 0.29) is 35.6 Å². The number of hydrogen-bond acceptors (Lipinski definition) is 7. The fraction of sp³-hybridized carbons (Fsp3) is 0.0556. The zero-order valence-corrected chi connectivity index (χ0v) is 14.7. The summed E-state index contributed by atoms with van der Waals surface area (Å²) in [6.45, 7) is -0.256. The van der Waals surface area contributed by atoms with Crippen molar-refractivity contribution >= 4 is 17.4 Å². The number of anilines is 2. The first-order valence-electron chi connectivity index (χ1n) is 8.34. The van der Waals surface area contributed by atoms with Crippen LogP contribution in [0.3, 0.4) is 0 Å². The van der Waals surface area contributed by atoms with Crippen molar-refractivity contribution in [3.8, 4) is 23.0 Å². The van der Waals surface area contributed by atoms with E-state index in [9.17, 15) is 13.6 Å². The predicted octanol–water partition coefficient (Wildman–Crippen LogP) is 2.49. The van der Waals surface area contributed by atoms with E-state index >= 15 is 0 Å². The number of carbonyl (C=O) groups excluding carboxylic acids is 1. The van der Waals surface area contributed by atoms with E-state index in [1.165, 1.54) is 42.5 Å². The summed E-state index contributed by atoms with van der Waals surface area (Å²) in [4.78, 5) is 16.3. The molecule has 146 valence electrons. The van der Waals surface area contributed by atoms with Gasteiger partial charge in [0.15, 0.2) is 11.5 Å². The van der Waals surface area contributed by atoms with Gasteiger partial charge in [0.05, 0.1) is 0 Å². The van der Waals surface area contributed by atoms with Gasteiger partial charge in [-0.05, 0) is 42.5 Å². The molecule has 2 aromatic heterocycles. The number of nitrogens with two attached hydrogens (primary N) is 1. The van der Waals surface area contributed by atoms with Gasteiger partial charge in [0, 0.05) is 11.3 Å². The van der Waals surface area contributed by atoms with Crippen molar-refractivity contribution in [2.75, 3.05) is 11.1 Å². The highest BCUT2D eigenvalue weighted by atomic mass is 19.1. The lowest BCUT2D eigenvalue weighted by Crippen LogP contribution is -2.20. The Morgan fingerprint density at radius 1 is 1.14 bits per heavy atom. The molecule has 1 amide bonds. The molecular weight excluding hydrogens is 384 g/mol. The number of nitrogen functional groups attached to an aromatic ring is 1. The normalized spacial score (nSPS) is 10.8. The van der Waals surface area contributed by atoms with Crippen LogP contribution < -0.4 is 11.1 Å². The second-order valence-electron chi connectivity index (χ2n) is 5.97. The van der Waals surface area contributed by atoms with Crippen LogP contribution in [0.15, 0.2) is 53.1 Å². The molecule has 0 saturated heterocycles. The molecule has 0 radical (unpaired) electrons. The number of hydrogen-bond donors (Lipinski definition) is 2. The van der Waals surface area contributed by atoms with Crippen LogP contribution in [0.25, 0.3) is 23.0 Å². The molecule has 29 heavy (non-hydrogen) atoms. The van der Waals surface area contributed by atoms with Crippen LogP contribution in [0, 0.1) is 11.6 Å². The van der Waals surface area contributed by atoms with Crippen LogP contribution in [0.4, 0.5) is 20.3 Å². The molecule has 0 spiro atoms. The molecular formula is C18H13F2N7O2. The summed E-state index contributed by atoms with van der Waals surface area (Å²) in [6.07, 6.45) is 0. The van der Waals surface area contributed by atoms with Crippen LogP contribution in [0.5, 0.6) is 0 Å². The highest BCUT2D eigenvalue weighted by Crippen LogP contribution is 2.24. The summed E-state index contributed by atoms with van der Waals surface area (Å²) in [5.41, 5.74) is 6.93. The highest BCUT2D eigenvalue weighted by Gasteiger charge is 2.20. The maximum Gasteiger partial charge on any atom is 0.282 e. The molecule has 0 saturated carbocycles. The van der Waals surface area contributed by atoms with Crippen LogP contribution in [-0.4, -0.2) is 31.0 Å². The van der Waals surface area contributed by atoms with Crippen LogP contribution in [0.1, 0.15) is 0 Å². The first-order chi connectivity index (χ1) is 14.0. The summed E-state index contributed by atoms with van der Waals surface area (Å²) < 4.78 is 32.5. The maximum atomic E-state index is 13.2. The zero-order valence-electron chi connectivity index (χ0n) is 14.7. The average molecular weight is 397 g/mol.